The second kappa shape index (κ2) is 8.23. The summed E-state index contributed by atoms with van der Waals surface area (Å²) in [7, 11) is 2.23. The molecule has 114 valence electrons. The van der Waals surface area contributed by atoms with Crippen molar-refractivity contribution in [2.24, 2.45) is 11.3 Å². The standard InChI is InChI=1S/C16H35N3/c1-6-7-16(4,13-17-12-15(2)3)14-19-10-8-18(5)9-11-19/h15,17H,6-14H2,1-5H3. The predicted octanol–water partition coefficient (Wildman–Crippen LogP) is 2.29. The van der Waals surface area contributed by atoms with Crippen molar-refractivity contribution in [2.45, 2.75) is 40.5 Å². The molecule has 1 N–H and O–H groups in total. The van der Waals surface area contributed by atoms with E-state index in [1.54, 1.807) is 0 Å². The van der Waals surface area contributed by atoms with Gasteiger partial charge in [-0.2, -0.15) is 0 Å². The lowest BCUT2D eigenvalue weighted by Crippen LogP contribution is -2.50. The lowest BCUT2D eigenvalue weighted by Gasteiger charge is -2.39. The van der Waals surface area contributed by atoms with Crippen LogP contribution >= 0.6 is 0 Å². The van der Waals surface area contributed by atoms with E-state index in [1.807, 2.05) is 0 Å². The molecule has 1 atom stereocenters. The average Bonchev–Trinajstić information content (AvgIpc) is 2.32. The number of likely N-dealkylation sites (N-methyl/N-ethyl adjacent to an activating group) is 1. The zero-order valence-electron chi connectivity index (χ0n) is 13.8. The summed E-state index contributed by atoms with van der Waals surface area (Å²) in [5.74, 6) is 0.745. The van der Waals surface area contributed by atoms with Crippen molar-refractivity contribution in [3.8, 4) is 0 Å². The van der Waals surface area contributed by atoms with Crippen molar-refractivity contribution >= 4 is 0 Å². The first-order valence-electron chi connectivity index (χ1n) is 8.07. The quantitative estimate of drug-likeness (QED) is 0.729. The maximum absolute atomic E-state index is 3.67. The minimum atomic E-state index is 0.430. The molecule has 3 nitrogen and oxygen atoms in total. The number of nitrogens with one attached hydrogen (secondary N) is 1. The van der Waals surface area contributed by atoms with E-state index in [2.05, 4.69) is 49.9 Å². The second-order valence-electron chi connectivity index (χ2n) is 7.16. The van der Waals surface area contributed by atoms with Gasteiger partial charge in [-0.25, -0.2) is 0 Å². The van der Waals surface area contributed by atoms with Gasteiger partial charge in [0.05, 0.1) is 0 Å². The molecule has 0 aliphatic carbocycles. The van der Waals surface area contributed by atoms with Gasteiger partial charge in [-0.1, -0.05) is 34.1 Å². The van der Waals surface area contributed by atoms with Crippen molar-refractivity contribution in [3.05, 3.63) is 0 Å². The number of hydrogen-bond donors (Lipinski definition) is 1. The third-order valence-corrected chi connectivity index (χ3v) is 4.16. The molecule has 0 spiro atoms. The monoisotopic (exact) mass is 269 g/mol. The second-order valence-corrected chi connectivity index (χ2v) is 7.16. The van der Waals surface area contributed by atoms with E-state index in [0.29, 0.717) is 5.41 Å². The van der Waals surface area contributed by atoms with Gasteiger partial charge in [-0.05, 0) is 31.3 Å². The first-order chi connectivity index (χ1) is 8.95. The van der Waals surface area contributed by atoms with E-state index in [0.717, 1.165) is 19.0 Å². The molecule has 0 aromatic rings. The fourth-order valence-electron chi connectivity index (χ4n) is 3.04. The molecule has 1 rings (SSSR count). The third kappa shape index (κ3) is 6.73. The van der Waals surface area contributed by atoms with E-state index in [1.165, 1.54) is 45.6 Å². The number of nitrogens with zero attached hydrogens (tertiary/aromatic N) is 2. The first kappa shape index (κ1) is 16.9. The molecular formula is C16H35N3. The molecule has 3 heteroatoms. The SMILES string of the molecule is CCCC(C)(CNCC(C)C)CN1CCN(C)CC1. The molecule has 1 fully saturated rings. The zero-order chi connectivity index (χ0) is 14.3. The van der Waals surface area contributed by atoms with Crippen molar-refractivity contribution in [3.63, 3.8) is 0 Å². The average molecular weight is 269 g/mol. The molecule has 0 bridgehead atoms. The molecule has 0 radical (unpaired) electrons. The summed E-state index contributed by atoms with van der Waals surface area (Å²) >= 11 is 0. The van der Waals surface area contributed by atoms with Crippen molar-refractivity contribution in [2.75, 3.05) is 52.9 Å². The summed E-state index contributed by atoms with van der Waals surface area (Å²) in [5.41, 5.74) is 0.430. The summed E-state index contributed by atoms with van der Waals surface area (Å²) in [6.45, 7) is 17.8. The lowest BCUT2D eigenvalue weighted by molar-refractivity contribution is 0.0967. The van der Waals surface area contributed by atoms with Gasteiger partial charge in [0.25, 0.3) is 0 Å². The maximum atomic E-state index is 3.67. The highest BCUT2D eigenvalue weighted by Gasteiger charge is 2.27. The Morgan fingerprint density at radius 2 is 1.79 bits per heavy atom. The van der Waals surface area contributed by atoms with Gasteiger partial charge in [0, 0.05) is 39.3 Å². The Bertz CT molecular complexity index is 234. The Hall–Kier alpha value is -0.120. The molecular weight excluding hydrogens is 234 g/mol. The Balaban J connectivity index is 2.40. The summed E-state index contributed by atoms with van der Waals surface area (Å²) in [5, 5.41) is 3.67. The summed E-state index contributed by atoms with van der Waals surface area (Å²) in [6.07, 6.45) is 2.61. The van der Waals surface area contributed by atoms with Gasteiger partial charge >= 0.3 is 0 Å². The van der Waals surface area contributed by atoms with Gasteiger partial charge in [-0.3, -0.25) is 0 Å². The highest BCUT2D eigenvalue weighted by atomic mass is 15.2. The van der Waals surface area contributed by atoms with Gasteiger partial charge < -0.3 is 15.1 Å². The van der Waals surface area contributed by atoms with Gasteiger partial charge in [0.1, 0.15) is 0 Å². The van der Waals surface area contributed by atoms with Crippen LogP contribution in [0.15, 0.2) is 0 Å². The normalized spacial score (nSPS) is 21.8. The van der Waals surface area contributed by atoms with Crippen LogP contribution in [0.1, 0.15) is 40.5 Å². The molecule has 1 heterocycles. The topological polar surface area (TPSA) is 18.5 Å². The van der Waals surface area contributed by atoms with Crippen molar-refractivity contribution < 1.29 is 0 Å². The summed E-state index contributed by atoms with van der Waals surface area (Å²) in [6, 6.07) is 0. The molecule has 1 unspecified atom stereocenters. The predicted molar refractivity (Wildman–Crippen MR) is 84.7 cm³/mol. The van der Waals surface area contributed by atoms with Gasteiger partial charge in [-0.15, -0.1) is 0 Å². The fourth-order valence-corrected chi connectivity index (χ4v) is 3.04. The molecule has 0 amide bonds. The van der Waals surface area contributed by atoms with Crippen LogP contribution in [0.4, 0.5) is 0 Å². The highest BCUT2D eigenvalue weighted by molar-refractivity contribution is 4.83. The maximum Gasteiger partial charge on any atom is 0.0110 e. The zero-order valence-corrected chi connectivity index (χ0v) is 13.8. The fraction of sp³-hybridized carbons (Fsp3) is 1.00. The van der Waals surface area contributed by atoms with Crippen LogP contribution < -0.4 is 5.32 Å². The Kier molecular flexibility index (Phi) is 7.33. The van der Waals surface area contributed by atoms with Crippen LogP contribution in [0.3, 0.4) is 0 Å². The summed E-state index contributed by atoms with van der Waals surface area (Å²) < 4.78 is 0. The molecule has 0 aromatic heterocycles. The van der Waals surface area contributed by atoms with E-state index in [-0.39, 0.29) is 0 Å². The minimum Gasteiger partial charge on any atom is -0.316 e. The van der Waals surface area contributed by atoms with Crippen molar-refractivity contribution in [1.82, 2.24) is 15.1 Å². The highest BCUT2D eigenvalue weighted by Crippen LogP contribution is 2.24. The minimum absolute atomic E-state index is 0.430. The van der Waals surface area contributed by atoms with E-state index in [4.69, 9.17) is 0 Å². The number of hydrogen-bond acceptors (Lipinski definition) is 3. The lowest BCUT2D eigenvalue weighted by atomic mass is 9.84. The van der Waals surface area contributed by atoms with E-state index in [9.17, 15) is 0 Å². The number of piperazine rings is 1. The van der Waals surface area contributed by atoms with Gasteiger partial charge in [0.15, 0.2) is 0 Å². The molecule has 0 saturated carbocycles. The van der Waals surface area contributed by atoms with Crippen LogP contribution in [0.2, 0.25) is 0 Å². The Morgan fingerprint density at radius 1 is 1.16 bits per heavy atom. The molecule has 0 aromatic carbocycles. The van der Waals surface area contributed by atoms with Crippen molar-refractivity contribution in [1.29, 1.82) is 0 Å². The number of rotatable bonds is 8. The molecule has 1 aliphatic rings. The van der Waals surface area contributed by atoms with E-state index >= 15 is 0 Å². The Labute approximate surface area is 120 Å². The Morgan fingerprint density at radius 3 is 2.32 bits per heavy atom. The van der Waals surface area contributed by atoms with Crippen LogP contribution in [0, 0.1) is 11.3 Å². The molecule has 19 heavy (non-hydrogen) atoms. The van der Waals surface area contributed by atoms with E-state index < -0.39 is 0 Å². The smallest absolute Gasteiger partial charge is 0.0110 e. The van der Waals surface area contributed by atoms with Crippen LogP contribution in [0.25, 0.3) is 0 Å². The molecule has 1 saturated heterocycles. The van der Waals surface area contributed by atoms with Crippen LogP contribution in [-0.2, 0) is 0 Å². The first-order valence-corrected chi connectivity index (χ1v) is 8.07. The van der Waals surface area contributed by atoms with Crippen LogP contribution in [0.5, 0.6) is 0 Å². The largest absolute Gasteiger partial charge is 0.316 e. The van der Waals surface area contributed by atoms with Crippen LogP contribution in [-0.4, -0.2) is 62.7 Å². The third-order valence-electron chi connectivity index (χ3n) is 4.16. The summed E-state index contributed by atoms with van der Waals surface area (Å²) in [4.78, 5) is 5.09. The van der Waals surface area contributed by atoms with Gasteiger partial charge in [0.2, 0.25) is 0 Å². The molecule has 1 aliphatic heterocycles.